The first-order valence-corrected chi connectivity index (χ1v) is 9.33. The molecule has 0 unspecified atom stereocenters. The van der Waals surface area contributed by atoms with Crippen LogP contribution in [0.1, 0.15) is 24.5 Å². The molecule has 0 bridgehead atoms. The van der Waals surface area contributed by atoms with Crippen LogP contribution in [0, 0.1) is 12.7 Å². The number of nitrogens with zero attached hydrogens (tertiary/aromatic N) is 3. The minimum Gasteiger partial charge on any atom is -0.354 e. The molecule has 0 spiro atoms. The van der Waals surface area contributed by atoms with Gasteiger partial charge in [0.2, 0.25) is 17.8 Å². The van der Waals surface area contributed by atoms with Gasteiger partial charge in [-0.1, -0.05) is 24.3 Å². The van der Waals surface area contributed by atoms with Crippen LogP contribution in [0.3, 0.4) is 0 Å². The number of carbonyl (C=O) groups is 1. The van der Waals surface area contributed by atoms with E-state index >= 15 is 0 Å². The topological polar surface area (TPSA) is 91.8 Å². The van der Waals surface area contributed by atoms with Gasteiger partial charge in [0.25, 0.3) is 0 Å². The summed E-state index contributed by atoms with van der Waals surface area (Å²) >= 11 is 0. The predicted octanol–water partition coefficient (Wildman–Crippen LogP) is 4.07. The number of hydrogen-bond acceptors (Lipinski definition) is 6. The lowest BCUT2D eigenvalue weighted by Crippen LogP contribution is -2.10. The Kier molecular flexibility index (Phi) is 6.67. The Morgan fingerprint density at radius 1 is 1.03 bits per heavy atom. The van der Waals surface area contributed by atoms with Crippen molar-refractivity contribution < 1.29 is 9.18 Å². The Morgan fingerprint density at radius 2 is 1.79 bits per heavy atom. The molecule has 1 amide bonds. The molecule has 0 aliphatic rings. The molecule has 0 fully saturated rings. The van der Waals surface area contributed by atoms with Gasteiger partial charge in [-0.15, -0.1) is 0 Å². The Hall–Kier alpha value is -3.55. The predicted molar refractivity (Wildman–Crippen MR) is 112 cm³/mol. The van der Waals surface area contributed by atoms with Gasteiger partial charge < -0.3 is 16.0 Å². The zero-order chi connectivity index (χ0) is 20.6. The van der Waals surface area contributed by atoms with Crippen molar-refractivity contribution in [3.05, 3.63) is 65.7 Å². The summed E-state index contributed by atoms with van der Waals surface area (Å²) in [5, 5.41) is 9.07. The van der Waals surface area contributed by atoms with Gasteiger partial charge in [-0.3, -0.25) is 4.79 Å². The van der Waals surface area contributed by atoms with Crippen LogP contribution in [-0.4, -0.2) is 27.4 Å². The van der Waals surface area contributed by atoms with E-state index in [0.717, 1.165) is 23.4 Å². The Labute approximate surface area is 168 Å². The van der Waals surface area contributed by atoms with Crippen molar-refractivity contribution in [1.29, 1.82) is 0 Å². The normalized spacial score (nSPS) is 10.4. The molecule has 29 heavy (non-hydrogen) atoms. The van der Waals surface area contributed by atoms with Gasteiger partial charge in [0.05, 0.1) is 0 Å². The monoisotopic (exact) mass is 394 g/mol. The van der Waals surface area contributed by atoms with Crippen LogP contribution in [0.2, 0.25) is 0 Å². The lowest BCUT2D eigenvalue weighted by Gasteiger charge is -2.13. The number of nitrogens with one attached hydrogen (secondary N) is 3. The minimum atomic E-state index is -0.184. The van der Waals surface area contributed by atoms with E-state index in [0.29, 0.717) is 30.4 Å². The van der Waals surface area contributed by atoms with E-state index in [1.807, 2.05) is 31.2 Å². The number of carbonyl (C=O) groups excluding carboxylic acids is 1. The summed E-state index contributed by atoms with van der Waals surface area (Å²) in [7, 11) is 0. The van der Waals surface area contributed by atoms with Gasteiger partial charge in [-0.25, -0.2) is 14.4 Å². The van der Waals surface area contributed by atoms with Crippen molar-refractivity contribution in [2.75, 3.05) is 22.5 Å². The number of amides is 1. The third-order valence-corrected chi connectivity index (χ3v) is 4.33. The number of anilines is 4. The van der Waals surface area contributed by atoms with Crippen molar-refractivity contribution in [2.24, 2.45) is 0 Å². The van der Waals surface area contributed by atoms with E-state index < -0.39 is 0 Å². The number of halogens is 1. The molecule has 0 atom stereocenters. The first-order valence-electron chi connectivity index (χ1n) is 9.33. The molecule has 150 valence electrons. The van der Waals surface area contributed by atoms with Crippen LogP contribution in [0.4, 0.5) is 27.7 Å². The largest absolute Gasteiger partial charge is 0.354 e. The third-order valence-electron chi connectivity index (χ3n) is 4.33. The van der Waals surface area contributed by atoms with E-state index in [-0.39, 0.29) is 11.7 Å². The molecule has 3 aromatic rings. The van der Waals surface area contributed by atoms with Crippen LogP contribution in [0.25, 0.3) is 0 Å². The highest BCUT2D eigenvalue weighted by Crippen LogP contribution is 2.25. The number of aromatic nitrogens is 3. The molecule has 0 aliphatic carbocycles. The summed E-state index contributed by atoms with van der Waals surface area (Å²) in [6, 6.07) is 12.3. The smallest absolute Gasteiger partial charge is 0.232 e. The molecule has 1 heterocycles. The molecule has 0 radical (unpaired) electrons. The van der Waals surface area contributed by atoms with Crippen molar-refractivity contribution >= 4 is 29.2 Å². The molecule has 1 aromatic heterocycles. The second-order valence-electron chi connectivity index (χ2n) is 6.54. The maximum Gasteiger partial charge on any atom is 0.232 e. The average Bonchev–Trinajstić information content (AvgIpc) is 2.70. The first kappa shape index (κ1) is 20.2. The van der Waals surface area contributed by atoms with Gasteiger partial charge in [-0.2, -0.15) is 4.98 Å². The standard InChI is InChI=1S/C21H23FN6O/c1-14-18(26-15(2)29)10-5-11-19(14)27-21-25-13-24-20(28-21)23-12-6-8-16-7-3-4-9-17(16)22/h3-5,7,9-11,13H,6,8,12H2,1-2H3,(H,26,29)(H2,23,24,25,27,28). The summed E-state index contributed by atoms with van der Waals surface area (Å²) in [6.45, 7) is 3.97. The molecule has 8 heteroatoms. The van der Waals surface area contributed by atoms with Gasteiger partial charge in [0.1, 0.15) is 12.1 Å². The summed E-state index contributed by atoms with van der Waals surface area (Å²) in [5.74, 6) is 0.509. The van der Waals surface area contributed by atoms with E-state index in [2.05, 4.69) is 30.9 Å². The highest BCUT2D eigenvalue weighted by molar-refractivity contribution is 5.90. The highest BCUT2D eigenvalue weighted by atomic mass is 19.1. The van der Waals surface area contributed by atoms with Crippen LogP contribution >= 0.6 is 0 Å². The number of hydrogen-bond donors (Lipinski definition) is 3. The van der Waals surface area contributed by atoms with Crippen molar-refractivity contribution in [3.63, 3.8) is 0 Å². The summed E-state index contributed by atoms with van der Waals surface area (Å²) in [4.78, 5) is 23.9. The fourth-order valence-electron chi connectivity index (χ4n) is 2.84. The third kappa shape index (κ3) is 5.71. The van der Waals surface area contributed by atoms with Crippen LogP contribution in [-0.2, 0) is 11.2 Å². The van der Waals surface area contributed by atoms with Gasteiger partial charge in [0.15, 0.2) is 0 Å². The van der Waals surface area contributed by atoms with Crippen LogP contribution < -0.4 is 16.0 Å². The van der Waals surface area contributed by atoms with E-state index in [1.54, 1.807) is 12.1 Å². The Bertz CT molecular complexity index is 994. The Balaban J connectivity index is 1.58. The SMILES string of the molecule is CC(=O)Nc1cccc(Nc2ncnc(NCCCc3ccccc3F)n2)c1C. The first-order chi connectivity index (χ1) is 14.0. The fourth-order valence-corrected chi connectivity index (χ4v) is 2.84. The molecule has 3 rings (SSSR count). The average molecular weight is 394 g/mol. The van der Waals surface area contributed by atoms with Gasteiger partial charge in [-0.05, 0) is 49.1 Å². The number of benzene rings is 2. The second kappa shape index (κ2) is 9.59. The maximum atomic E-state index is 13.6. The molecule has 3 N–H and O–H groups in total. The molecule has 0 saturated heterocycles. The zero-order valence-corrected chi connectivity index (χ0v) is 16.4. The summed E-state index contributed by atoms with van der Waals surface area (Å²) in [5.41, 5.74) is 3.08. The zero-order valence-electron chi connectivity index (χ0n) is 16.4. The highest BCUT2D eigenvalue weighted by Gasteiger charge is 2.08. The summed E-state index contributed by atoms with van der Waals surface area (Å²) in [6.07, 6.45) is 2.79. The van der Waals surface area contributed by atoms with E-state index in [1.165, 1.54) is 19.3 Å². The Morgan fingerprint density at radius 3 is 2.59 bits per heavy atom. The molecule has 2 aromatic carbocycles. The second-order valence-corrected chi connectivity index (χ2v) is 6.54. The molecular weight excluding hydrogens is 371 g/mol. The van der Waals surface area contributed by atoms with Crippen LogP contribution in [0.15, 0.2) is 48.8 Å². The fraction of sp³-hybridized carbons (Fsp3) is 0.238. The van der Waals surface area contributed by atoms with Gasteiger partial charge in [0, 0.05) is 24.8 Å². The lowest BCUT2D eigenvalue weighted by atomic mass is 10.1. The van der Waals surface area contributed by atoms with Crippen molar-refractivity contribution in [2.45, 2.75) is 26.7 Å². The maximum absolute atomic E-state index is 13.6. The number of aryl methyl sites for hydroxylation is 1. The van der Waals surface area contributed by atoms with Crippen molar-refractivity contribution in [3.8, 4) is 0 Å². The van der Waals surface area contributed by atoms with Crippen LogP contribution in [0.5, 0.6) is 0 Å². The van der Waals surface area contributed by atoms with Gasteiger partial charge >= 0.3 is 0 Å². The number of rotatable bonds is 8. The molecule has 0 saturated carbocycles. The summed E-state index contributed by atoms with van der Waals surface area (Å²) < 4.78 is 13.6. The minimum absolute atomic E-state index is 0.132. The van der Waals surface area contributed by atoms with Crippen molar-refractivity contribution in [1.82, 2.24) is 15.0 Å². The molecule has 0 aliphatic heterocycles. The lowest BCUT2D eigenvalue weighted by molar-refractivity contribution is -0.114. The quantitative estimate of drug-likeness (QED) is 0.499. The van der Waals surface area contributed by atoms with E-state index in [4.69, 9.17) is 0 Å². The van der Waals surface area contributed by atoms with E-state index in [9.17, 15) is 9.18 Å². The molecular formula is C21H23FN6O. The molecule has 7 nitrogen and oxygen atoms in total.